The molecule has 0 bridgehead atoms. The molecule has 4 rings (SSSR count). The van der Waals surface area contributed by atoms with Gasteiger partial charge in [0.15, 0.2) is 0 Å². The molecule has 0 aliphatic heterocycles. The molecule has 1 aromatic heterocycles. The number of hydrogen-bond donors (Lipinski definition) is 1. The Morgan fingerprint density at radius 2 is 1.24 bits per heavy atom. The van der Waals surface area contributed by atoms with E-state index in [0.717, 1.165) is 78.3 Å². The van der Waals surface area contributed by atoms with Crippen LogP contribution in [0.3, 0.4) is 0 Å². The number of benzene rings is 3. The molecule has 0 amide bonds. The number of nitrogens with zero attached hydrogens (tertiary/aromatic N) is 3. The molecule has 6 nitrogen and oxygen atoms in total. The van der Waals surface area contributed by atoms with E-state index in [1.165, 1.54) is 5.56 Å². The third kappa shape index (κ3) is 7.15. The zero-order chi connectivity index (χ0) is 26.7. The minimum atomic E-state index is 0.661. The Morgan fingerprint density at radius 3 is 1.84 bits per heavy atom. The maximum Gasteiger partial charge on any atom is 0.135 e. The van der Waals surface area contributed by atoms with E-state index in [-0.39, 0.29) is 0 Å². The van der Waals surface area contributed by atoms with Crippen molar-refractivity contribution >= 4 is 27.5 Å². The second-order valence-corrected chi connectivity index (χ2v) is 9.44. The summed E-state index contributed by atoms with van der Waals surface area (Å²) < 4.78 is 12.3. The maximum absolute atomic E-state index is 6.16. The van der Waals surface area contributed by atoms with Crippen LogP contribution in [0.15, 0.2) is 66.7 Å². The van der Waals surface area contributed by atoms with Crippen LogP contribution in [-0.4, -0.2) is 67.3 Å². The standard InChI is InChI=1S/C32H42N4O2/c1-5-35(6-2)18-20-37-26-14-16-28-29-17-15-27(38-21-19-36(7-3)8-4)23-31(29)34-32(30(28)22-26)33-24-25-12-10-9-11-13-25/h9-17,22-23H,5-8,18-21,24H2,1-4H3,(H,33,34). The highest BCUT2D eigenvalue weighted by Crippen LogP contribution is 2.34. The van der Waals surface area contributed by atoms with Gasteiger partial charge in [-0.2, -0.15) is 0 Å². The quantitative estimate of drug-likeness (QED) is 0.184. The van der Waals surface area contributed by atoms with Gasteiger partial charge in [-0.25, -0.2) is 4.98 Å². The summed E-state index contributed by atoms with van der Waals surface area (Å²) >= 11 is 0. The first-order valence-corrected chi connectivity index (χ1v) is 14.0. The van der Waals surface area contributed by atoms with E-state index in [1.807, 2.05) is 6.07 Å². The molecule has 38 heavy (non-hydrogen) atoms. The van der Waals surface area contributed by atoms with Gasteiger partial charge < -0.3 is 24.6 Å². The zero-order valence-electron chi connectivity index (χ0n) is 23.4. The lowest BCUT2D eigenvalue weighted by Gasteiger charge is -2.19. The van der Waals surface area contributed by atoms with Crippen molar-refractivity contribution in [1.82, 2.24) is 14.8 Å². The average molecular weight is 515 g/mol. The topological polar surface area (TPSA) is 49.9 Å². The number of fused-ring (bicyclic) bond motifs is 3. The van der Waals surface area contributed by atoms with Crippen molar-refractivity contribution in [2.75, 3.05) is 57.8 Å². The predicted octanol–water partition coefficient (Wildman–Crippen LogP) is 6.44. The summed E-state index contributed by atoms with van der Waals surface area (Å²) in [5.41, 5.74) is 2.13. The minimum Gasteiger partial charge on any atom is -0.492 e. The SMILES string of the molecule is CCN(CC)CCOc1ccc2c(c1)nc(NCc1ccccc1)c1cc(OCCN(CC)CC)ccc12. The van der Waals surface area contributed by atoms with Crippen LogP contribution in [0.2, 0.25) is 0 Å². The third-order valence-corrected chi connectivity index (χ3v) is 7.18. The monoisotopic (exact) mass is 514 g/mol. The first kappa shape index (κ1) is 27.7. The van der Waals surface area contributed by atoms with Crippen molar-refractivity contribution in [1.29, 1.82) is 0 Å². The molecule has 4 aromatic rings. The molecule has 0 spiro atoms. The van der Waals surface area contributed by atoms with Gasteiger partial charge in [0.2, 0.25) is 0 Å². The van der Waals surface area contributed by atoms with Gasteiger partial charge in [0.1, 0.15) is 30.5 Å². The van der Waals surface area contributed by atoms with Crippen LogP contribution in [0.1, 0.15) is 33.3 Å². The Hall–Kier alpha value is -3.35. The van der Waals surface area contributed by atoms with Gasteiger partial charge in [0, 0.05) is 36.5 Å². The van der Waals surface area contributed by atoms with Crippen molar-refractivity contribution in [2.45, 2.75) is 34.2 Å². The highest BCUT2D eigenvalue weighted by atomic mass is 16.5. The van der Waals surface area contributed by atoms with Gasteiger partial charge in [-0.05, 0) is 67.5 Å². The number of rotatable bonds is 15. The molecule has 0 aliphatic rings. The Morgan fingerprint density at radius 1 is 0.658 bits per heavy atom. The highest BCUT2D eigenvalue weighted by molar-refractivity contribution is 6.10. The second kappa shape index (κ2) is 14.0. The van der Waals surface area contributed by atoms with Crippen molar-refractivity contribution in [3.63, 3.8) is 0 Å². The summed E-state index contributed by atoms with van der Waals surface area (Å²) in [6.07, 6.45) is 0. The summed E-state index contributed by atoms with van der Waals surface area (Å²) in [7, 11) is 0. The molecule has 0 unspecified atom stereocenters. The van der Waals surface area contributed by atoms with E-state index in [2.05, 4.69) is 103 Å². The molecule has 202 valence electrons. The van der Waals surface area contributed by atoms with E-state index >= 15 is 0 Å². The normalized spacial score (nSPS) is 11.5. The lowest BCUT2D eigenvalue weighted by Crippen LogP contribution is -2.27. The lowest BCUT2D eigenvalue weighted by atomic mass is 10.0. The molecule has 3 aromatic carbocycles. The van der Waals surface area contributed by atoms with Crippen molar-refractivity contribution in [3.05, 3.63) is 72.3 Å². The summed E-state index contributed by atoms with van der Waals surface area (Å²) in [5.74, 6) is 2.57. The number of anilines is 1. The van der Waals surface area contributed by atoms with Crippen molar-refractivity contribution < 1.29 is 9.47 Å². The predicted molar refractivity (Wildman–Crippen MR) is 160 cm³/mol. The summed E-state index contributed by atoms with van der Waals surface area (Å²) in [6.45, 7) is 16.7. The van der Waals surface area contributed by atoms with Crippen LogP contribution >= 0.6 is 0 Å². The Balaban J connectivity index is 1.62. The van der Waals surface area contributed by atoms with E-state index in [0.29, 0.717) is 19.8 Å². The van der Waals surface area contributed by atoms with Gasteiger partial charge >= 0.3 is 0 Å². The van der Waals surface area contributed by atoms with E-state index in [1.54, 1.807) is 0 Å². The summed E-state index contributed by atoms with van der Waals surface area (Å²) in [5, 5.41) is 6.90. The largest absolute Gasteiger partial charge is 0.492 e. The summed E-state index contributed by atoms with van der Waals surface area (Å²) in [6, 6.07) is 23.0. The van der Waals surface area contributed by atoms with Gasteiger partial charge in [-0.15, -0.1) is 0 Å². The number of pyridine rings is 1. The smallest absolute Gasteiger partial charge is 0.135 e. The van der Waals surface area contributed by atoms with Gasteiger partial charge in [-0.3, -0.25) is 0 Å². The second-order valence-electron chi connectivity index (χ2n) is 9.44. The molecular weight excluding hydrogens is 472 g/mol. The van der Waals surface area contributed by atoms with Crippen LogP contribution in [0.5, 0.6) is 11.5 Å². The number of aromatic nitrogens is 1. The fourth-order valence-electron chi connectivity index (χ4n) is 4.73. The Labute approximate surface area is 227 Å². The molecule has 0 saturated carbocycles. The van der Waals surface area contributed by atoms with Crippen LogP contribution in [-0.2, 0) is 6.54 Å². The molecule has 1 heterocycles. The molecule has 1 N–H and O–H groups in total. The fraction of sp³-hybridized carbons (Fsp3) is 0.406. The van der Waals surface area contributed by atoms with Crippen molar-refractivity contribution in [3.8, 4) is 11.5 Å². The fourth-order valence-corrected chi connectivity index (χ4v) is 4.73. The minimum absolute atomic E-state index is 0.661. The number of ether oxygens (including phenoxy) is 2. The lowest BCUT2D eigenvalue weighted by molar-refractivity contribution is 0.223. The Bertz CT molecular complexity index is 1290. The first-order valence-electron chi connectivity index (χ1n) is 14.0. The molecule has 0 saturated heterocycles. The van der Waals surface area contributed by atoms with Crippen LogP contribution in [0.4, 0.5) is 5.82 Å². The van der Waals surface area contributed by atoms with Gasteiger partial charge in [-0.1, -0.05) is 58.0 Å². The summed E-state index contributed by atoms with van der Waals surface area (Å²) in [4.78, 5) is 9.79. The first-order chi connectivity index (χ1) is 18.6. The third-order valence-electron chi connectivity index (χ3n) is 7.18. The van der Waals surface area contributed by atoms with Crippen LogP contribution in [0, 0.1) is 0 Å². The number of nitrogens with one attached hydrogen (secondary N) is 1. The molecule has 0 atom stereocenters. The Kier molecular flexibility index (Phi) is 10.2. The van der Waals surface area contributed by atoms with Crippen LogP contribution in [0.25, 0.3) is 21.7 Å². The molecule has 6 heteroatoms. The molecule has 0 radical (unpaired) electrons. The van der Waals surface area contributed by atoms with E-state index < -0.39 is 0 Å². The molecule has 0 fully saturated rings. The van der Waals surface area contributed by atoms with Gasteiger partial charge in [0.05, 0.1) is 5.52 Å². The van der Waals surface area contributed by atoms with Gasteiger partial charge in [0.25, 0.3) is 0 Å². The molecule has 0 aliphatic carbocycles. The zero-order valence-corrected chi connectivity index (χ0v) is 23.4. The maximum atomic E-state index is 6.16. The number of likely N-dealkylation sites (N-methyl/N-ethyl adjacent to an activating group) is 2. The van der Waals surface area contributed by atoms with E-state index in [9.17, 15) is 0 Å². The average Bonchev–Trinajstić information content (AvgIpc) is 2.96. The molecular formula is C32H42N4O2. The van der Waals surface area contributed by atoms with E-state index in [4.69, 9.17) is 14.5 Å². The number of hydrogen-bond acceptors (Lipinski definition) is 6. The van der Waals surface area contributed by atoms with Crippen molar-refractivity contribution in [2.24, 2.45) is 0 Å². The van der Waals surface area contributed by atoms with Crippen LogP contribution < -0.4 is 14.8 Å². The highest BCUT2D eigenvalue weighted by Gasteiger charge is 2.12.